The highest BCUT2D eigenvalue weighted by Gasteiger charge is 2.16. The first-order chi connectivity index (χ1) is 8.29. The Bertz CT molecular complexity index is 677. The van der Waals surface area contributed by atoms with E-state index < -0.39 is 11.5 Å². The van der Waals surface area contributed by atoms with Gasteiger partial charge in [-0.3, -0.25) is 4.79 Å². The van der Waals surface area contributed by atoms with Crippen LogP contribution in [-0.4, -0.2) is 16.1 Å². The normalized spacial score (nSPS) is 11.7. The van der Waals surface area contributed by atoms with Crippen molar-refractivity contribution in [1.82, 2.24) is 4.98 Å². The first-order valence-corrected chi connectivity index (χ1v) is 5.70. The minimum absolute atomic E-state index is 0.0415. The fourth-order valence-electron chi connectivity index (χ4n) is 1.90. The van der Waals surface area contributed by atoms with Crippen molar-refractivity contribution in [3.8, 4) is 0 Å². The van der Waals surface area contributed by atoms with E-state index in [1.165, 1.54) is 0 Å². The average molecular weight is 245 g/mol. The molecule has 1 aromatic heterocycles. The molecule has 2 N–H and O–H groups in total. The lowest BCUT2D eigenvalue weighted by Gasteiger charge is -2.19. The van der Waals surface area contributed by atoms with Crippen molar-refractivity contribution >= 4 is 16.9 Å². The molecule has 0 unspecified atom stereocenters. The Balaban J connectivity index is 2.83. The van der Waals surface area contributed by atoms with Crippen LogP contribution in [0.3, 0.4) is 0 Å². The summed E-state index contributed by atoms with van der Waals surface area (Å²) in [6, 6.07) is 6.61. The van der Waals surface area contributed by atoms with Gasteiger partial charge in [-0.2, -0.15) is 0 Å². The van der Waals surface area contributed by atoms with Crippen LogP contribution >= 0.6 is 0 Å². The largest absolute Gasteiger partial charge is 0.478 e. The average Bonchev–Trinajstić information content (AvgIpc) is 2.25. The topological polar surface area (TPSA) is 70.2 Å². The van der Waals surface area contributed by atoms with E-state index in [1.807, 2.05) is 12.1 Å². The molecule has 0 atom stereocenters. The molecule has 0 aliphatic heterocycles. The van der Waals surface area contributed by atoms with Crippen molar-refractivity contribution in [2.24, 2.45) is 0 Å². The summed E-state index contributed by atoms with van der Waals surface area (Å²) in [6.45, 7) is 6.17. The van der Waals surface area contributed by atoms with Crippen molar-refractivity contribution in [2.75, 3.05) is 0 Å². The summed E-state index contributed by atoms with van der Waals surface area (Å²) in [5, 5.41) is 9.71. The monoisotopic (exact) mass is 245 g/mol. The van der Waals surface area contributed by atoms with Crippen LogP contribution < -0.4 is 5.56 Å². The van der Waals surface area contributed by atoms with Crippen LogP contribution in [-0.2, 0) is 5.41 Å². The van der Waals surface area contributed by atoms with E-state index in [0.717, 1.165) is 11.6 Å². The van der Waals surface area contributed by atoms with Gasteiger partial charge in [0.1, 0.15) is 0 Å². The molecule has 0 amide bonds. The predicted molar refractivity (Wildman–Crippen MR) is 70.2 cm³/mol. The first kappa shape index (κ1) is 12.4. The molecular formula is C14H15NO3. The van der Waals surface area contributed by atoms with E-state index in [4.69, 9.17) is 5.11 Å². The van der Waals surface area contributed by atoms with E-state index >= 15 is 0 Å². The second-order valence-corrected chi connectivity index (χ2v) is 5.36. The molecule has 0 bridgehead atoms. The number of aromatic amines is 1. The molecule has 0 saturated heterocycles. The molecule has 0 radical (unpaired) electrons. The number of carbonyl (C=O) groups is 1. The van der Waals surface area contributed by atoms with Gasteiger partial charge < -0.3 is 10.1 Å². The standard InChI is InChI=1S/C14H15NO3/c1-14(2,3)8-4-5-11-9(6-8)10(13(17)18)7-12(16)15-11/h4-7H,1-3H3,(H,15,16)(H,17,18). The number of pyridine rings is 1. The number of rotatable bonds is 1. The minimum atomic E-state index is -1.09. The van der Waals surface area contributed by atoms with Crippen LogP contribution in [0, 0.1) is 0 Å². The molecule has 0 saturated carbocycles. The Kier molecular flexibility index (Phi) is 2.73. The summed E-state index contributed by atoms with van der Waals surface area (Å²) in [7, 11) is 0. The third kappa shape index (κ3) is 2.14. The lowest BCUT2D eigenvalue weighted by molar-refractivity contribution is 0.0699. The zero-order valence-corrected chi connectivity index (χ0v) is 10.6. The van der Waals surface area contributed by atoms with Gasteiger partial charge in [0.05, 0.1) is 5.56 Å². The lowest BCUT2D eigenvalue weighted by Crippen LogP contribution is -2.13. The summed E-state index contributed by atoms with van der Waals surface area (Å²) < 4.78 is 0. The third-order valence-electron chi connectivity index (χ3n) is 2.94. The van der Waals surface area contributed by atoms with Gasteiger partial charge in [-0.15, -0.1) is 0 Å². The number of nitrogens with one attached hydrogen (secondary N) is 1. The smallest absolute Gasteiger partial charge is 0.336 e. The number of carboxylic acid groups (broad SMARTS) is 1. The van der Waals surface area contributed by atoms with Gasteiger partial charge in [-0.25, -0.2) is 4.79 Å². The lowest BCUT2D eigenvalue weighted by atomic mass is 9.86. The Hall–Kier alpha value is -2.10. The highest BCUT2D eigenvalue weighted by Crippen LogP contribution is 2.26. The molecule has 0 spiro atoms. The van der Waals surface area contributed by atoms with Gasteiger partial charge in [-0.1, -0.05) is 26.8 Å². The molecule has 4 heteroatoms. The van der Waals surface area contributed by atoms with E-state index in [2.05, 4.69) is 25.8 Å². The van der Waals surface area contributed by atoms with Crippen molar-refractivity contribution < 1.29 is 9.90 Å². The van der Waals surface area contributed by atoms with E-state index in [9.17, 15) is 9.59 Å². The van der Waals surface area contributed by atoms with Crippen LogP contribution in [0.2, 0.25) is 0 Å². The van der Waals surface area contributed by atoms with Crippen molar-refractivity contribution in [2.45, 2.75) is 26.2 Å². The van der Waals surface area contributed by atoms with Crippen molar-refractivity contribution in [3.05, 3.63) is 45.7 Å². The number of aromatic nitrogens is 1. The fourth-order valence-corrected chi connectivity index (χ4v) is 1.90. The van der Waals surface area contributed by atoms with E-state index in [1.54, 1.807) is 6.07 Å². The number of benzene rings is 1. The molecule has 0 fully saturated rings. The van der Waals surface area contributed by atoms with E-state index in [-0.39, 0.29) is 11.0 Å². The zero-order chi connectivity index (χ0) is 13.5. The SMILES string of the molecule is CC(C)(C)c1ccc2[nH]c(=O)cc(C(=O)O)c2c1. The van der Waals surface area contributed by atoms with Gasteiger partial charge in [0, 0.05) is 17.0 Å². The number of fused-ring (bicyclic) bond motifs is 1. The van der Waals surface area contributed by atoms with Gasteiger partial charge in [0.25, 0.3) is 0 Å². The van der Waals surface area contributed by atoms with Crippen molar-refractivity contribution in [1.29, 1.82) is 0 Å². The summed E-state index contributed by atoms with van der Waals surface area (Å²) in [4.78, 5) is 25.2. The zero-order valence-electron chi connectivity index (χ0n) is 10.6. The number of hydrogen-bond donors (Lipinski definition) is 2. The van der Waals surface area contributed by atoms with Gasteiger partial charge in [0.2, 0.25) is 5.56 Å². The summed E-state index contributed by atoms with van der Waals surface area (Å²) in [6.07, 6.45) is 0. The molecule has 4 nitrogen and oxygen atoms in total. The third-order valence-corrected chi connectivity index (χ3v) is 2.94. The number of carboxylic acids is 1. The molecule has 2 rings (SSSR count). The molecule has 94 valence electrons. The van der Waals surface area contributed by atoms with Crippen LogP contribution in [0.15, 0.2) is 29.1 Å². The minimum Gasteiger partial charge on any atom is -0.478 e. The maximum atomic E-state index is 11.4. The number of H-pyrrole nitrogens is 1. The molecule has 1 aromatic carbocycles. The maximum Gasteiger partial charge on any atom is 0.336 e. The van der Waals surface area contributed by atoms with Crippen LogP contribution in [0.4, 0.5) is 0 Å². The Morgan fingerprint density at radius 2 is 1.89 bits per heavy atom. The molecule has 0 aliphatic carbocycles. The molecule has 2 aromatic rings. The first-order valence-electron chi connectivity index (χ1n) is 5.70. The van der Waals surface area contributed by atoms with Crippen molar-refractivity contribution in [3.63, 3.8) is 0 Å². The van der Waals surface area contributed by atoms with E-state index in [0.29, 0.717) is 10.9 Å². The van der Waals surface area contributed by atoms with Gasteiger partial charge in [-0.05, 0) is 23.1 Å². The molecule has 0 aliphatic rings. The Labute approximate surface area is 104 Å². The number of aromatic carboxylic acids is 1. The summed E-state index contributed by atoms with van der Waals surface area (Å²) in [5.41, 5.74) is 1.15. The highest BCUT2D eigenvalue weighted by molar-refractivity contribution is 6.02. The predicted octanol–water partition coefficient (Wildman–Crippen LogP) is 2.52. The second-order valence-electron chi connectivity index (χ2n) is 5.36. The molecule has 18 heavy (non-hydrogen) atoms. The fraction of sp³-hybridized carbons (Fsp3) is 0.286. The summed E-state index contributed by atoms with van der Waals surface area (Å²) >= 11 is 0. The Morgan fingerprint density at radius 1 is 1.22 bits per heavy atom. The maximum absolute atomic E-state index is 11.4. The van der Waals surface area contributed by atoms with Gasteiger partial charge >= 0.3 is 5.97 Å². The second kappa shape index (κ2) is 3.98. The van der Waals surface area contributed by atoms with Crippen LogP contribution in [0.5, 0.6) is 0 Å². The summed E-state index contributed by atoms with van der Waals surface area (Å²) in [5.74, 6) is -1.09. The molecule has 1 heterocycles. The quantitative estimate of drug-likeness (QED) is 0.811. The van der Waals surface area contributed by atoms with Crippen LogP contribution in [0.1, 0.15) is 36.7 Å². The molecular weight excluding hydrogens is 230 g/mol. The Morgan fingerprint density at radius 3 is 2.44 bits per heavy atom. The van der Waals surface area contributed by atoms with Crippen LogP contribution in [0.25, 0.3) is 10.9 Å². The highest BCUT2D eigenvalue weighted by atomic mass is 16.4. The number of hydrogen-bond acceptors (Lipinski definition) is 2. The van der Waals surface area contributed by atoms with Gasteiger partial charge in [0.15, 0.2) is 0 Å².